The van der Waals surface area contributed by atoms with Crippen LogP contribution in [0.5, 0.6) is 0 Å². The summed E-state index contributed by atoms with van der Waals surface area (Å²) in [6.45, 7) is 3.35. The van der Waals surface area contributed by atoms with Crippen molar-refractivity contribution in [2.45, 2.75) is 18.9 Å². The van der Waals surface area contributed by atoms with Gasteiger partial charge in [0.05, 0.1) is 0 Å². The molecule has 25 heavy (non-hydrogen) atoms. The van der Waals surface area contributed by atoms with Gasteiger partial charge in [-0.15, -0.1) is 0 Å². The van der Waals surface area contributed by atoms with Crippen LogP contribution in [0.1, 0.15) is 17.0 Å². The zero-order valence-corrected chi connectivity index (χ0v) is 13.9. The van der Waals surface area contributed by atoms with Gasteiger partial charge in [-0.1, -0.05) is 6.07 Å². The zero-order valence-electron chi connectivity index (χ0n) is 13.1. The third kappa shape index (κ3) is 2.78. The van der Waals surface area contributed by atoms with E-state index >= 15 is 0 Å². The van der Waals surface area contributed by atoms with Crippen LogP contribution in [0.15, 0.2) is 29.3 Å². The fraction of sp³-hybridized carbons (Fsp3) is 0.133. The van der Waals surface area contributed by atoms with Gasteiger partial charge in [-0.3, -0.25) is 4.72 Å². The van der Waals surface area contributed by atoms with Crippen LogP contribution in [-0.4, -0.2) is 23.0 Å². The lowest BCUT2D eigenvalue weighted by atomic mass is 10.3. The summed E-state index contributed by atoms with van der Waals surface area (Å²) in [5, 5.41) is 12.6. The number of sulfonamides is 1. The number of para-hydroxylation sites is 1. The van der Waals surface area contributed by atoms with Gasteiger partial charge in [0.1, 0.15) is 29.0 Å². The minimum Gasteiger partial charge on any atom is -0.272 e. The van der Waals surface area contributed by atoms with E-state index in [1.165, 1.54) is 4.52 Å². The Morgan fingerprint density at radius 1 is 1.24 bits per heavy atom. The predicted octanol–water partition coefficient (Wildman–Crippen LogP) is 2.30. The highest BCUT2D eigenvalue weighted by molar-refractivity contribution is 7.92. The molecule has 0 aliphatic rings. The molecule has 0 bridgehead atoms. The first-order valence-electron chi connectivity index (χ1n) is 6.98. The maximum absolute atomic E-state index is 13.7. The third-order valence-corrected chi connectivity index (χ3v) is 4.70. The molecule has 10 heteroatoms. The zero-order chi connectivity index (χ0) is 18.4. The van der Waals surface area contributed by atoms with Crippen molar-refractivity contribution in [3.05, 3.63) is 52.9 Å². The molecule has 128 valence electrons. The van der Waals surface area contributed by atoms with Crippen LogP contribution in [0.2, 0.25) is 0 Å². The van der Waals surface area contributed by atoms with Crippen LogP contribution in [0.4, 0.5) is 14.5 Å². The van der Waals surface area contributed by atoms with Crippen LogP contribution in [0.3, 0.4) is 0 Å². The molecule has 0 radical (unpaired) electrons. The van der Waals surface area contributed by atoms with Crippen molar-refractivity contribution in [1.29, 1.82) is 5.26 Å². The van der Waals surface area contributed by atoms with E-state index in [1.54, 1.807) is 26.0 Å². The lowest BCUT2D eigenvalue weighted by Crippen LogP contribution is -2.17. The van der Waals surface area contributed by atoms with E-state index in [-0.39, 0.29) is 11.2 Å². The predicted molar refractivity (Wildman–Crippen MR) is 84.3 cm³/mol. The molecule has 2 heterocycles. The number of aryl methyl sites for hydroxylation is 2. The minimum absolute atomic E-state index is 0.0504. The SMILES string of the molecule is Cc1cc(C)n2nc(S(=O)(=O)Nc3c(F)cccc3F)c(C#N)c2n1. The van der Waals surface area contributed by atoms with Crippen molar-refractivity contribution < 1.29 is 17.2 Å². The highest BCUT2D eigenvalue weighted by Gasteiger charge is 2.28. The van der Waals surface area contributed by atoms with Crippen molar-refractivity contribution in [3.63, 3.8) is 0 Å². The Hall–Kier alpha value is -3.06. The number of rotatable bonds is 3. The highest BCUT2D eigenvalue weighted by Crippen LogP contribution is 2.25. The molecule has 0 saturated heterocycles. The van der Waals surface area contributed by atoms with Gasteiger partial charge in [0.25, 0.3) is 10.0 Å². The molecule has 0 aliphatic heterocycles. The average molecular weight is 363 g/mol. The van der Waals surface area contributed by atoms with Crippen molar-refractivity contribution in [2.24, 2.45) is 0 Å². The van der Waals surface area contributed by atoms with Crippen molar-refractivity contribution in [3.8, 4) is 6.07 Å². The molecule has 2 aromatic heterocycles. The van der Waals surface area contributed by atoms with Crippen molar-refractivity contribution in [1.82, 2.24) is 14.6 Å². The number of nitriles is 1. The largest absolute Gasteiger partial charge is 0.282 e. The van der Waals surface area contributed by atoms with Crippen molar-refractivity contribution in [2.75, 3.05) is 4.72 Å². The maximum Gasteiger partial charge on any atom is 0.282 e. The number of benzene rings is 1. The molecule has 0 spiro atoms. The molecule has 3 rings (SSSR count). The van der Waals surface area contributed by atoms with Crippen LogP contribution >= 0.6 is 0 Å². The number of nitrogens with zero attached hydrogens (tertiary/aromatic N) is 4. The van der Waals surface area contributed by atoms with Crippen molar-refractivity contribution >= 4 is 21.4 Å². The van der Waals surface area contributed by atoms with E-state index in [9.17, 15) is 22.5 Å². The summed E-state index contributed by atoms with van der Waals surface area (Å²) in [5.41, 5.74) is 0.0192. The van der Waals surface area contributed by atoms with Gasteiger partial charge in [0.2, 0.25) is 5.03 Å². The molecule has 1 N–H and O–H groups in total. The Bertz CT molecular complexity index is 1130. The molecule has 0 fully saturated rings. The minimum atomic E-state index is -4.52. The van der Waals surface area contributed by atoms with Crippen LogP contribution < -0.4 is 4.72 Å². The first-order chi connectivity index (χ1) is 11.7. The Morgan fingerprint density at radius 2 is 1.88 bits per heavy atom. The van der Waals surface area contributed by atoms with Crippen LogP contribution in [0.25, 0.3) is 5.65 Å². The Kier molecular flexibility index (Phi) is 3.88. The van der Waals surface area contributed by atoms with Gasteiger partial charge < -0.3 is 0 Å². The second-order valence-corrected chi connectivity index (χ2v) is 6.87. The summed E-state index contributed by atoms with van der Waals surface area (Å²) in [4.78, 5) is 4.12. The molecule has 3 aromatic rings. The quantitative estimate of drug-likeness (QED) is 0.770. The fourth-order valence-corrected chi connectivity index (χ4v) is 3.52. The summed E-state index contributed by atoms with van der Waals surface area (Å²) in [6, 6.07) is 6.31. The Balaban J connectivity index is 2.22. The van der Waals surface area contributed by atoms with Gasteiger partial charge >= 0.3 is 0 Å². The van der Waals surface area contributed by atoms with Gasteiger partial charge in [0, 0.05) is 11.4 Å². The molecule has 0 amide bonds. The average Bonchev–Trinajstić information content (AvgIpc) is 2.91. The number of hydrogen-bond donors (Lipinski definition) is 1. The smallest absolute Gasteiger partial charge is 0.272 e. The number of aromatic nitrogens is 3. The lowest BCUT2D eigenvalue weighted by Gasteiger charge is -2.07. The highest BCUT2D eigenvalue weighted by atomic mass is 32.2. The number of nitrogens with one attached hydrogen (secondary N) is 1. The maximum atomic E-state index is 13.7. The summed E-state index contributed by atoms with van der Waals surface area (Å²) in [5.74, 6) is -2.17. The van der Waals surface area contributed by atoms with E-state index in [4.69, 9.17) is 0 Å². The third-order valence-electron chi connectivity index (χ3n) is 3.43. The Morgan fingerprint density at radius 3 is 2.48 bits per heavy atom. The standard InChI is InChI=1S/C15H11F2N5O2S/c1-8-6-9(2)22-14(19-8)10(7-18)15(20-22)25(23,24)21-13-11(16)4-3-5-12(13)17/h3-6,21H,1-2H3. The summed E-state index contributed by atoms with van der Waals surface area (Å²) < 4.78 is 55.6. The molecular formula is C15H11F2N5O2S. The van der Waals surface area contributed by atoms with E-state index in [1.807, 2.05) is 4.72 Å². The summed E-state index contributed by atoms with van der Waals surface area (Å²) in [6.07, 6.45) is 0. The van der Waals surface area contributed by atoms with E-state index < -0.39 is 32.4 Å². The number of hydrogen-bond acceptors (Lipinski definition) is 5. The first-order valence-corrected chi connectivity index (χ1v) is 8.47. The number of fused-ring (bicyclic) bond motifs is 1. The topological polar surface area (TPSA) is 100 Å². The van der Waals surface area contributed by atoms with E-state index in [2.05, 4.69) is 10.1 Å². The number of anilines is 1. The number of halogens is 2. The van der Waals surface area contributed by atoms with Gasteiger partial charge in [0.15, 0.2) is 5.65 Å². The van der Waals surface area contributed by atoms with Crippen LogP contribution in [-0.2, 0) is 10.0 Å². The second kappa shape index (κ2) is 5.78. The Labute approximate surface area is 141 Å². The molecule has 0 saturated carbocycles. The monoisotopic (exact) mass is 363 g/mol. The molecule has 0 aliphatic carbocycles. The molecule has 0 atom stereocenters. The fourth-order valence-electron chi connectivity index (χ4n) is 2.37. The normalized spacial score (nSPS) is 11.5. The van der Waals surface area contributed by atoms with E-state index in [0.717, 1.165) is 18.2 Å². The molecule has 0 unspecified atom stereocenters. The second-order valence-electron chi connectivity index (χ2n) is 5.27. The first kappa shape index (κ1) is 16.8. The molecular weight excluding hydrogens is 352 g/mol. The van der Waals surface area contributed by atoms with Gasteiger partial charge in [-0.25, -0.2) is 18.3 Å². The van der Waals surface area contributed by atoms with Crippen LogP contribution in [0, 0.1) is 36.8 Å². The molecule has 7 nitrogen and oxygen atoms in total. The summed E-state index contributed by atoms with van der Waals surface area (Å²) in [7, 11) is -4.52. The van der Waals surface area contributed by atoms with Gasteiger partial charge in [-0.05, 0) is 32.0 Å². The lowest BCUT2D eigenvalue weighted by molar-refractivity contribution is 0.580. The summed E-state index contributed by atoms with van der Waals surface area (Å²) >= 11 is 0. The molecule has 1 aromatic carbocycles. The van der Waals surface area contributed by atoms with Gasteiger partial charge in [-0.2, -0.15) is 18.8 Å². The van der Waals surface area contributed by atoms with E-state index in [0.29, 0.717) is 11.4 Å².